The van der Waals surface area contributed by atoms with Crippen LogP contribution in [-0.2, 0) is 9.53 Å². The summed E-state index contributed by atoms with van der Waals surface area (Å²) in [5, 5.41) is 0. The molecule has 3 rings (SSSR count). The Morgan fingerprint density at radius 3 is 2.40 bits per heavy atom. The molecule has 1 aromatic rings. The summed E-state index contributed by atoms with van der Waals surface area (Å²) in [6.07, 6.45) is 5.01. The van der Waals surface area contributed by atoms with Crippen LogP contribution in [0.25, 0.3) is 6.08 Å². The number of ether oxygens (including phenoxy) is 1. The van der Waals surface area contributed by atoms with E-state index in [9.17, 15) is 4.79 Å². The molecule has 5 nitrogen and oxygen atoms in total. The van der Waals surface area contributed by atoms with Crippen LogP contribution in [0.3, 0.4) is 0 Å². The van der Waals surface area contributed by atoms with Crippen molar-refractivity contribution < 1.29 is 9.53 Å². The Bertz CT molecular complexity index is 547. The Hall–Kier alpha value is -1.69. The lowest BCUT2D eigenvalue weighted by atomic mass is 10.2. The van der Waals surface area contributed by atoms with E-state index < -0.39 is 0 Å². The number of amides is 1. The molecule has 2 fully saturated rings. The van der Waals surface area contributed by atoms with Gasteiger partial charge in [0.25, 0.3) is 0 Å². The number of carbonyl (C=O) groups is 1. The van der Waals surface area contributed by atoms with Crippen molar-refractivity contribution in [2.45, 2.75) is 6.42 Å². The zero-order valence-electron chi connectivity index (χ0n) is 15.0. The average Bonchev–Trinajstić information content (AvgIpc) is 2.68. The van der Waals surface area contributed by atoms with Crippen molar-refractivity contribution >= 4 is 12.0 Å². The number of hydrogen-bond acceptors (Lipinski definition) is 4. The number of rotatable bonds is 6. The average molecular weight is 343 g/mol. The van der Waals surface area contributed by atoms with Gasteiger partial charge in [0.05, 0.1) is 13.2 Å². The Morgan fingerprint density at radius 2 is 1.68 bits per heavy atom. The second kappa shape index (κ2) is 9.70. The molecule has 0 spiro atoms. The van der Waals surface area contributed by atoms with Crippen LogP contribution in [0.5, 0.6) is 0 Å². The van der Waals surface area contributed by atoms with Gasteiger partial charge in [0, 0.05) is 58.8 Å². The highest BCUT2D eigenvalue weighted by Crippen LogP contribution is 2.07. The van der Waals surface area contributed by atoms with Gasteiger partial charge in [-0.05, 0) is 5.56 Å². The minimum Gasteiger partial charge on any atom is -0.379 e. The molecule has 1 amide bonds. The highest BCUT2D eigenvalue weighted by atomic mass is 16.5. The van der Waals surface area contributed by atoms with Crippen LogP contribution in [0.2, 0.25) is 0 Å². The fraction of sp³-hybridized carbons (Fsp3) is 0.550. The summed E-state index contributed by atoms with van der Waals surface area (Å²) >= 11 is 0. The van der Waals surface area contributed by atoms with Crippen molar-refractivity contribution in [3.8, 4) is 0 Å². The number of nitrogens with zero attached hydrogens (tertiary/aromatic N) is 3. The highest BCUT2D eigenvalue weighted by Gasteiger charge is 2.21. The third-order valence-corrected chi connectivity index (χ3v) is 4.94. The quantitative estimate of drug-likeness (QED) is 0.786. The molecule has 25 heavy (non-hydrogen) atoms. The lowest BCUT2D eigenvalue weighted by Crippen LogP contribution is -2.49. The summed E-state index contributed by atoms with van der Waals surface area (Å²) in [5.41, 5.74) is 1.24. The van der Waals surface area contributed by atoms with E-state index in [1.54, 1.807) is 0 Å². The topological polar surface area (TPSA) is 36.0 Å². The van der Waals surface area contributed by atoms with Gasteiger partial charge < -0.3 is 9.64 Å². The van der Waals surface area contributed by atoms with Crippen LogP contribution < -0.4 is 0 Å². The van der Waals surface area contributed by atoms with Crippen LogP contribution in [0, 0.1) is 0 Å². The third-order valence-electron chi connectivity index (χ3n) is 4.94. The lowest BCUT2D eigenvalue weighted by Gasteiger charge is -2.35. The Labute approximate surface area is 150 Å². The molecule has 2 saturated heterocycles. The van der Waals surface area contributed by atoms with E-state index in [0.29, 0.717) is 12.3 Å². The van der Waals surface area contributed by atoms with E-state index in [1.807, 2.05) is 11.0 Å². The summed E-state index contributed by atoms with van der Waals surface area (Å²) in [4.78, 5) is 19.1. The van der Waals surface area contributed by atoms with E-state index in [1.165, 1.54) is 5.56 Å². The van der Waals surface area contributed by atoms with Crippen LogP contribution in [0.1, 0.15) is 12.0 Å². The molecule has 0 saturated carbocycles. The summed E-state index contributed by atoms with van der Waals surface area (Å²) in [6.45, 7) is 8.93. The van der Waals surface area contributed by atoms with Crippen molar-refractivity contribution in [3.05, 3.63) is 42.0 Å². The zero-order chi connectivity index (χ0) is 17.3. The first-order valence-electron chi connectivity index (χ1n) is 9.33. The normalized spacial score (nSPS) is 20.2. The Kier molecular flexibility index (Phi) is 7.03. The van der Waals surface area contributed by atoms with Crippen molar-refractivity contribution in [2.75, 3.05) is 65.6 Å². The first-order chi connectivity index (χ1) is 12.3. The number of hydrogen-bond donors (Lipinski definition) is 0. The van der Waals surface area contributed by atoms with Crippen LogP contribution >= 0.6 is 0 Å². The molecular formula is C20H29N3O2. The monoisotopic (exact) mass is 343 g/mol. The van der Waals surface area contributed by atoms with Gasteiger partial charge in [-0.25, -0.2) is 0 Å². The van der Waals surface area contributed by atoms with Gasteiger partial charge in [-0.3, -0.25) is 14.6 Å². The molecule has 0 atom stereocenters. The number of piperazine rings is 1. The van der Waals surface area contributed by atoms with E-state index in [4.69, 9.17) is 4.74 Å². The first-order valence-corrected chi connectivity index (χ1v) is 9.33. The molecule has 1 aromatic carbocycles. The maximum Gasteiger partial charge on any atom is 0.223 e. The molecule has 0 aliphatic carbocycles. The second-order valence-corrected chi connectivity index (χ2v) is 6.70. The molecule has 2 aliphatic rings. The van der Waals surface area contributed by atoms with Crippen molar-refractivity contribution in [3.63, 3.8) is 0 Å². The minimum absolute atomic E-state index is 0.297. The summed E-state index contributed by atoms with van der Waals surface area (Å²) < 4.78 is 5.35. The third kappa shape index (κ3) is 5.96. The fourth-order valence-corrected chi connectivity index (χ4v) is 3.32. The van der Waals surface area contributed by atoms with E-state index in [2.05, 4.69) is 46.2 Å². The van der Waals surface area contributed by atoms with Gasteiger partial charge in [0.1, 0.15) is 0 Å². The molecule has 136 valence electrons. The Morgan fingerprint density at radius 1 is 0.960 bits per heavy atom. The second-order valence-electron chi connectivity index (χ2n) is 6.70. The van der Waals surface area contributed by atoms with Gasteiger partial charge in [-0.2, -0.15) is 0 Å². The molecule has 2 aliphatic heterocycles. The summed E-state index contributed by atoms with van der Waals surface area (Å²) in [7, 11) is 0. The van der Waals surface area contributed by atoms with Crippen LogP contribution in [0.4, 0.5) is 0 Å². The van der Waals surface area contributed by atoms with E-state index in [0.717, 1.165) is 65.6 Å². The molecular weight excluding hydrogens is 314 g/mol. The van der Waals surface area contributed by atoms with E-state index in [-0.39, 0.29) is 0 Å². The molecule has 0 radical (unpaired) electrons. The maximum absolute atomic E-state index is 12.4. The molecule has 2 heterocycles. The molecule has 0 N–H and O–H groups in total. The standard InChI is InChI=1S/C20H29N3O2/c24-20(8-10-22-15-17-25-18-16-22)23-13-11-21(12-14-23)9-4-7-19-5-2-1-3-6-19/h1-7H,8-18H2/b7-4+. The van der Waals surface area contributed by atoms with Crippen molar-refractivity contribution in [1.82, 2.24) is 14.7 Å². The predicted octanol–water partition coefficient (Wildman–Crippen LogP) is 1.57. The molecule has 5 heteroatoms. The predicted molar refractivity (Wildman–Crippen MR) is 100 cm³/mol. The summed E-state index contributed by atoms with van der Waals surface area (Å²) in [5.74, 6) is 0.297. The van der Waals surface area contributed by atoms with Gasteiger partial charge in [0.15, 0.2) is 0 Å². The number of carbonyl (C=O) groups excluding carboxylic acids is 1. The van der Waals surface area contributed by atoms with Crippen LogP contribution in [0.15, 0.2) is 36.4 Å². The molecule has 0 bridgehead atoms. The SMILES string of the molecule is O=C(CCN1CCOCC1)N1CCN(C/C=C/c2ccccc2)CC1. The van der Waals surface area contributed by atoms with Gasteiger partial charge >= 0.3 is 0 Å². The van der Waals surface area contributed by atoms with Gasteiger partial charge in [-0.1, -0.05) is 42.5 Å². The Balaban J connectivity index is 1.33. The summed E-state index contributed by atoms with van der Waals surface area (Å²) in [6, 6.07) is 10.4. The molecule has 0 aromatic heterocycles. The minimum atomic E-state index is 0.297. The highest BCUT2D eigenvalue weighted by molar-refractivity contribution is 5.76. The number of benzene rings is 1. The lowest BCUT2D eigenvalue weighted by molar-refractivity contribution is -0.133. The fourth-order valence-electron chi connectivity index (χ4n) is 3.32. The maximum atomic E-state index is 12.4. The largest absolute Gasteiger partial charge is 0.379 e. The van der Waals surface area contributed by atoms with E-state index >= 15 is 0 Å². The van der Waals surface area contributed by atoms with Gasteiger partial charge in [0.2, 0.25) is 5.91 Å². The zero-order valence-corrected chi connectivity index (χ0v) is 15.0. The van der Waals surface area contributed by atoms with Gasteiger partial charge in [-0.15, -0.1) is 0 Å². The smallest absolute Gasteiger partial charge is 0.223 e. The van der Waals surface area contributed by atoms with Crippen molar-refractivity contribution in [1.29, 1.82) is 0 Å². The number of morpholine rings is 1. The van der Waals surface area contributed by atoms with Crippen molar-refractivity contribution in [2.24, 2.45) is 0 Å². The molecule has 0 unspecified atom stereocenters. The first kappa shape index (κ1) is 18.1. The van der Waals surface area contributed by atoms with Crippen LogP contribution in [-0.4, -0.2) is 86.2 Å².